The van der Waals surface area contributed by atoms with E-state index in [1.54, 1.807) is 0 Å². The number of aryl methyl sites for hydroxylation is 1. The van der Waals surface area contributed by atoms with Crippen molar-refractivity contribution in [3.63, 3.8) is 0 Å². The van der Waals surface area contributed by atoms with Crippen LogP contribution in [0.15, 0.2) is 18.2 Å². The smallest absolute Gasteiger partial charge is 0.150 e. The first-order valence-electron chi connectivity index (χ1n) is 8.16. The predicted molar refractivity (Wildman–Crippen MR) is 91.5 cm³/mol. The molecule has 0 aliphatic carbocycles. The fourth-order valence-electron chi connectivity index (χ4n) is 2.54. The van der Waals surface area contributed by atoms with Gasteiger partial charge in [-0.2, -0.15) is 0 Å². The van der Waals surface area contributed by atoms with E-state index in [2.05, 4.69) is 30.3 Å². The number of unbranched alkanes of at least 4 members (excludes halogenated alkanes) is 4. The Balaban J connectivity index is 2.69. The summed E-state index contributed by atoms with van der Waals surface area (Å²) >= 11 is 0. The van der Waals surface area contributed by atoms with E-state index in [1.165, 1.54) is 43.4 Å². The number of benzene rings is 1. The van der Waals surface area contributed by atoms with E-state index in [4.69, 9.17) is 0 Å². The molecule has 0 aliphatic heterocycles. The number of carbonyl (C=O) groups is 1. The topological polar surface area (TPSA) is 32.3 Å². The fourth-order valence-corrected chi connectivity index (χ4v) is 2.54. The molecule has 0 aromatic heterocycles. The van der Waals surface area contributed by atoms with Crippen LogP contribution in [-0.4, -0.2) is 33.5 Å². The summed E-state index contributed by atoms with van der Waals surface area (Å²) in [6.45, 7) is 4.13. The Morgan fingerprint density at radius 3 is 2.62 bits per heavy atom. The van der Waals surface area contributed by atoms with Crippen LogP contribution in [0.25, 0.3) is 0 Å². The van der Waals surface area contributed by atoms with Gasteiger partial charge in [0.05, 0.1) is 0 Å². The summed E-state index contributed by atoms with van der Waals surface area (Å²) in [5, 5.41) is 3.17. The summed E-state index contributed by atoms with van der Waals surface area (Å²) in [6.07, 6.45) is 8.50. The largest absolute Gasteiger partial charge is 0.373 e. The number of hydrogen-bond donors (Lipinski definition) is 1. The molecule has 0 radical (unpaired) electrons. The Kier molecular flexibility index (Phi) is 8.76. The van der Waals surface area contributed by atoms with Gasteiger partial charge >= 0.3 is 0 Å². The molecule has 0 spiro atoms. The number of likely N-dealkylation sites (N-methyl/N-ethyl adjacent to an activating group) is 2. The molecule has 0 heterocycles. The van der Waals surface area contributed by atoms with Crippen LogP contribution in [0.1, 0.15) is 54.9 Å². The monoisotopic (exact) mass is 290 g/mol. The predicted octanol–water partition coefficient (Wildman–Crippen LogP) is 3.67. The van der Waals surface area contributed by atoms with Gasteiger partial charge in [0.2, 0.25) is 0 Å². The van der Waals surface area contributed by atoms with Crippen LogP contribution in [0.3, 0.4) is 0 Å². The first-order chi connectivity index (χ1) is 10.2. The van der Waals surface area contributed by atoms with Crippen molar-refractivity contribution >= 4 is 12.0 Å². The minimum absolute atomic E-state index is 0.760. The lowest BCUT2D eigenvalue weighted by molar-refractivity contribution is 0.112. The van der Waals surface area contributed by atoms with Crippen molar-refractivity contribution in [2.24, 2.45) is 0 Å². The van der Waals surface area contributed by atoms with E-state index in [-0.39, 0.29) is 0 Å². The van der Waals surface area contributed by atoms with Crippen molar-refractivity contribution < 1.29 is 4.79 Å². The number of carbonyl (C=O) groups excluding carboxylic acids is 1. The van der Waals surface area contributed by atoms with Crippen molar-refractivity contribution in [1.29, 1.82) is 0 Å². The highest BCUT2D eigenvalue weighted by molar-refractivity contribution is 5.78. The molecule has 0 saturated carbocycles. The first-order valence-corrected chi connectivity index (χ1v) is 8.16. The second-order valence-electron chi connectivity index (χ2n) is 5.70. The normalized spacial score (nSPS) is 10.6. The average Bonchev–Trinajstić information content (AvgIpc) is 2.52. The second-order valence-corrected chi connectivity index (χ2v) is 5.70. The molecule has 1 aromatic carbocycles. The van der Waals surface area contributed by atoms with Gasteiger partial charge in [0.25, 0.3) is 0 Å². The molecule has 0 unspecified atom stereocenters. The molecule has 0 saturated heterocycles. The van der Waals surface area contributed by atoms with E-state index in [0.29, 0.717) is 0 Å². The molecule has 0 bridgehead atoms. The van der Waals surface area contributed by atoms with E-state index >= 15 is 0 Å². The molecule has 118 valence electrons. The Morgan fingerprint density at radius 1 is 1.19 bits per heavy atom. The van der Waals surface area contributed by atoms with E-state index in [9.17, 15) is 4.79 Å². The van der Waals surface area contributed by atoms with Gasteiger partial charge in [-0.15, -0.1) is 0 Å². The molecule has 0 fully saturated rings. The maximum absolute atomic E-state index is 11.0. The minimum Gasteiger partial charge on any atom is -0.373 e. The van der Waals surface area contributed by atoms with Crippen LogP contribution in [0.5, 0.6) is 0 Å². The van der Waals surface area contributed by atoms with Crippen molar-refractivity contribution in [3.05, 3.63) is 29.3 Å². The lowest BCUT2D eigenvalue weighted by atomic mass is 10.0. The second kappa shape index (κ2) is 10.4. The molecular formula is C18H30N2O. The summed E-state index contributed by atoms with van der Waals surface area (Å²) in [6, 6.07) is 6.07. The Labute approximate surface area is 129 Å². The third-order valence-electron chi connectivity index (χ3n) is 3.90. The Hall–Kier alpha value is -1.35. The summed E-state index contributed by atoms with van der Waals surface area (Å²) < 4.78 is 0. The molecule has 1 aromatic rings. The number of nitrogens with zero attached hydrogens (tertiary/aromatic N) is 1. The Bertz CT molecular complexity index is 418. The molecule has 3 nitrogen and oxygen atoms in total. The van der Waals surface area contributed by atoms with Gasteiger partial charge in [0, 0.05) is 31.4 Å². The summed E-state index contributed by atoms with van der Waals surface area (Å²) in [5.41, 5.74) is 3.32. The van der Waals surface area contributed by atoms with Crippen molar-refractivity contribution in [3.8, 4) is 0 Å². The summed E-state index contributed by atoms with van der Waals surface area (Å²) in [4.78, 5) is 13.2. The highest BCUT2D eigenvalue weighted by Crippen LogP contribution is 2.23. The van der Waals surface area contributed by atoms with E-state index in [1.807, 2.05) is 19.2 Å². The van der Waals surface area contributed by atoms with Gasteiger partial charge in [-0.25, -0.2) is 0 Å². The first kappa shape index (κ1) is 17.7. The van der Waals surface area contributed by atoms with Gasteiger partial charge in [-0.05, 0) is 31.5 Å². The van der Waals surface area contributed by atoms with Crippen LogP contribution in [0, 0.1) is 0 Å². The van der Waals surface area contributed by atoms with Gasteiger partial charge in [0.15, 0.2) is 0 Å². The SMILES string of the molecule is CCCCCCCc1ccc(C=O)cc1N(C)CCNC. The van der Waals surface area contributed by atoms with Crippen molar-refractivity contribution in [2.75, 3.05) is 32.1 Å². The van der Waals surface area contributed by atoms with Gasteiger partial charge < -0.3 is 10.2 Å². The van der Waals surface area contributed by atoms with Crippen LogP contribution < -0.4 is 10.2 Å². The number of aldehydes is 1. The number of nitrogens with one attached hydrogen (secondary N) is 1. The van der Waals surface area contributed by atoms with Crippen LogP contribution in [0.2, 0.25) is 0 Å². The lowest BCUT2D eigenvalue weighted by Crippen LogP contribution is -2.27. The third kappa shape index (κ3) is 6.30. The van der Waals surface area contributed by atoms with Gasteiger partial charge in [-0.1, -0.05) is 44.7 Å². The molecule has 1 rings (SSSR count). The maximum atomic E-state index is 11.0. The number of anilines is 1. The molecular weight excluding hydrogens is 260 g/mol. The fraction of sp³-hybridized carbons (Fsp3) is 0.611. The maximum Gasteiger partial charge on any atom is 0.150 e. The molecule has 21 heavy (non-hydrogen) atoms. The van der Waals surface area contributed by atoms with E-state index in [0.717, 1.165) is 31.4 Å². The van der Waals surface area contributed by atoms with Crippen LogP contribution >= 0.6 is 0 Å². The van der Waals surface area contributed by atoms with Gasteiger partial charge in [0.1, 0.15) is 6.29 Å². The van der Waals surface area contributed by atoms with Crippen molar-refractivity contribution in [2.45, 2.75) is 45.4 Å². The standard InChI is InChI=1S/C18H30N2O/c1-4-5-6-7-8-9-17-11-10-16(15-21)14-18(17)20(3)13-12-19-2/h10-11,14-15,19H,4-9,12-13H2,1-3H3. The number of hydrogen-bond acceptors (Lipinski definition) is 3. The van der Waals surface area contributed by atoms with Crippen LogP contribution in [0.4, 0.5) is 5.69 Å². The quantitative estimate of drug-likeness (QED) is 0.498. The zero-order valence-electron chi connectivity index (χ0n) is 13.8. The highest BCUT2D eigenvalue weighted by Gasteiger charge is 2.08. The Morgan fingerprint density at radius 2 is 1.95 bits per heavy atom. The van der Waals surface area contributed by atoms with Crippen molar-refractivity contribution in [1.82, 2.24) is 5.32 Å². The third-order valence-corrected chi connectivity index (χ3v) is 3.90. The molecule has 0 amide bonds. The molecule has 0 aliphatic rings. The van der Waals surface area contributed by atoms with Gasteiger partial charge in [-0.3, -0.25) is 4.79 Å². The molecule has 1 N–H and O–H groups in total. The summed E-state index contributed by atoms with van der Waals surface area (Å²) in [7, 11) is 4.06. The average molecular weight is 290 g/mol. The highest BCUT2D eigenvalue weighted by atomic mass is 16.1. The minimum atomic E-state index is 0.760. The van der Waals surface area contributed by atoms with Crippen LogP contribution in [-0.2, 0) is 6.42 Å². The zero-order valence-corrected chi connectivity index (χ0v) is 13.8. The number of rotatable bonds is 11. The molecule has 0 atom stereocenters. The molecule has 3 heteroatoms. The lowest BCUT2D eigenvalue weighted by Gasteiger charge is -2.23. The zero-order chi connectivity index (χ0) is 15.5. The summed E-state index contributed by atoms with van der Waals surface area (Å²) in [5.74, 6) is 0. The van der Waals surface area contributed by atoms with E-state index < -0.39 is 0 Å².